The van der Waals surface area contributed by atoms with Gasteiger partial charge in [0.05, 0.1) is 47.4 Å². The van der Waals surface area contributed by atoms with Gasteiger partial charge in [-0.2, -0.15) is 22.7 Å². The highest BCUT2D eigenvalue weighted by molar-refractivity contribution is 6.33. The zero-order chi connectivity index (χ0) is 35.4. The Morgan fingerprint density at radius 1 is 1.14 bits per heavy atom. The summed E-state index contributed by atoms with van der Waals surface area (Å²) in [6.45, 7) is 2.50. The number of halogens is 4. The summed E-state index contributed by atoms with van der Waals surface area (Å²) < 4.78 is 54.1. The number of likely N-dealkylation sites (tertiary alicyclic amines) is 1. The molecule has 18 heteroatoms. The number of carbonyl (C=O) groups excluding carboxylic acids is 2. The van der Waals surface area contributed by atoms with E-state index in [2.05, 4.69) is 25.4 Å². The van der Waals surface area contributed by atoms with Crippen molar-refractivity contribution in [2.75, 3.05) is 38.2 Å². The molecule has 262 valence electrons. The molecule has 1 saturated heterocycles. The number of rotatable bonds is 5. The van der Waals surface area contributed by atoms with Crippen LogP contribution in [0.25, 0.3) is 11.4 Å². The van der Waals surface area contributed by atoms with Crippen molar-refractivity contribution in [2.45, 2.75) is 50.9 Å². The minimum absolute atomic E-state index is 0.0214. The first kappa shape index (κ1) is 33.6. The summed E-state index contributed by atoms with van der Waals surface area (Å²) in [5.74, 6) is -1.03. The predicted molar refractivity (Wildman–Crippen MR) is 171 cm³/mol. The molecule has 1 spiro atoms. The highest BCUT2D eigenvalue weighted by Crippen LogP contribution is 2.41. The molecule has 4 aromatic rings. The van der Waals surface area contributed by atoms with Gasteiger partial charge in [0.2, 0.25) is 11.7 Å². The Morgan fingerprint density at radius 3 is 2.62 bits per heavy atom. The molecule has 0 aliphatic carbocycles. The number of hydrogen-bond donors (Lipinski definition) is 2. The van der Waals surface area contributed by atoms with Gasteiger partial charge in [-0.3, -0.25) is 14.4 Å². The number of nitrogens with zero attached hydrogens (tertiary/aromatic N) is 7. The van der Waals surface area contributed by atoms with E-state index in [1.165, 1.54) is 11.2 Å². The number of ether oxygens (including phenoxy) is 2. The smallest absolute Gasteiger partial charge is 0.416 e. The predicted octanol–water partition coefficient (Wildman–Crippen LogP) is 3.51. The monoisotopic (exact) mass is 714 g/mol. The van der Waals surface area contributed by atoms with Crippen LogP contribution in [0, 0.1) is 6.92 Å². The zero-order valence-electron chi connectivity index (χ0n) is 26.6. The second-order valence-corrected chi connectivity index (χ2v) is 12.6. The van der Waals surface area contributed by atoms with Crippen LogP contribution in [0.2, 0.25) is 5.02 Å². The van der Waals surface area contributed by atoms with Crippen molar-refractivity contribution in [2.24, 2.45) is 0 Å². The van der Waals surface area contributed by atoms with Gasteiger partial charge in [0.1, 0.15) is 18.5 Å². The van der Waals surface area contributed by atoms with Gasteiger partial charge in [0.25, 0.3) is 11.5 Å². The molecule has 7 rings (SSSR count). The molecule has 50 heavy (non-hydrogen) atoms. The van der Waals surface area contributed by atoms with Crippen LogP contribution < -0.4 is 10.9 Å². The number of alkyl halides is 3. The number of aromatic nitrogens is 6. The standard InChI is InChI=1S/C32H30ClF3N8O6/c1-17-26(46)25(38-16-37-17)29(48)42-9-7-31(8-10-42)24-22(6-13-50-31)43(15-23(45)39-21-3-2-19(14-20(21)33)32(34,35)36)30-40-27(41-44(30)28(24)47)18-4-11-49-12-5-18/h2-4,14,16,46H,5-13,15H2,1H3,(H,39,45). The van der Waals surface area contributed by atoms with Crippen LogP contribution in [0.5, 0.6) is 5.75 Å². The van der Waals surface area contributed by atoms with E-state index in [0.29, 0.717) is 31.2 Å². The average Bonchev–Trinajstić information content (AvgIpc) is 3.55. The van der Waals surface area contributed by atoms with E-state index in [9.17, 15) is 32.7 Å². The highest BCUT2D eigenvalue weighted by Gasteiger charge is 2.46. The van der Waals surface area contributed by atoms with E-state index in [1.807, 2.05) is 6.08 Å². The minimum atomic E-state index is -4.61. The van der Waals surface area contributed by atoms with E-state index >= 15 is 0 Å². The fourth-order valence-corrected chi connectivity index (χ4v) is 6.86. The molecule has 6 heterocycles. The topological polar surface area (TPSA) is 166 Å². The molecule has 1 aromatic carbocycles. The van der Waals surface area contributed by atoms with Gasteiger partial charge in [-0.25, -0.2) is 9.97 Å². The quantitative estimate of drug-likeness (QED) is 0.313. The Labute approximate surface area is 286 Å². The first-order valence-corrected chi connectivity index (χ1v) is 16.1. The number of nitrogens with one attached hydrogen (secondary N) is 1. The third-order valence-corrected chi connectivity index (χ3v) is 9.53. The highest BCUT2D eigenvalue weighted by atomic mass is 35.5. The van der Waals surface area contributed by atoms with Crippen molar-refractivity contribution in [1.29, 1.82) is 0 Å². The maximum absolute atomic E-state index is 14.3. The molecule has 0 radical (unpaired) electrons. The summed E-state index contributed by atoms with van der Waals surface area (Å²) in [6.07, 6.45) is -0.407. The zero-order valence-corrected chi connectivity index (χ0v) is 27.3. The van der Waals surface area contributed by atoms with Gasteiger partial charge < -0.3 is 29.4 Å². The Bertz CT molecular complexity index is 2120. The molecule has 0 unspecified atom stereocenters. The third kappa shape index (κ3) is 5.98. The van der Waals surface area contributed by atoms with E-state index < -0.39 is 34.7 Å². The number of aryl methyl sites for hydroxylation is 1. The lowest BCUT2D eigenvalue weighted by Crippen LogP contribution is -2.52. The Hall–Kier alpha value is -4.87. The molecule has 0 saturated carbocycles. The normalized spacial score (nSPS) is 17.5. The lowest BCUT2D eigenvalue weighted by atomic mass is 9.81. The molecular weight excluding hydrogens is 685 g/mol. The van der Waals surface area contributed by atoms with Crippen molar-refractivity contribution in [3.8, 4) is 5.75 Å². The van der Waals surface area contributed by atoms with Crippen LogP contribution in [-0.2, 0) is 39.0 Å². The Balaban J connectivity index is 1.26. The SMILES string of the molecule is Cc1ncnc(C(=O)N2CCC3(CC2)OCCc2c3c(=O)n3nc(C4=CCOCC4)nc3n2CC(=O)Nc2ccc(C(F)(F)F)cc2Cl)c1O. The van der Waals surface area contributed by atoms with Crippen LogP contribution >= 0.6 is 11.6 Å². The van der Waals surface area contributed by atoms with Crippen molar-refractivity contribution < 1.29 is 37.3 Å². The molecule has 2 amide bonds. The second kappa shape index (κ2) is 12.8. The van der Waals surface area contributed by atoms with Gasteiger partial charge in [-0.05, 0) is 50.0 Å². The van der Waals surface area contributed by atoms with E-state index in [0.717, 1.165) is 28.3 Å². The minimum Gasteiger partial charge on any atom is -0.504 e. The van der Waals surface area contributed by atoms with Gasteiger partial charge in [-0.15, -0.1) is 5.10 Å². The molecule has 1 fully saturated rings. The molecule has 3 aromatic heterocycles. The van der Waals surface area contributed by atoms with Crippen molar-refractivity contribution in [3.05, 3.63) is 80.0 Å². The first-order chi connectivity index (χ1) is 23.9. The number of piperidine rings is 1. The molecule has 3 aliphatic heterocycles. The van der Waals surface area contributed by atoms with Crippen LogP contribution in [0.15, 0.2) is 35.4 Å². The van der Waals surface area contributed by atoms with Gasteiger partial charge in [0, 0.05) is 25.2 Å². The number of fused-ring (bicyclic) bond motifs is 3. The average molecular weight is 715 g/mol. The number of anilines is 1. The second-order valence-electron chi connectivity index (χ2n) is 12.2. The Morgan fingerprint density at radius 2 is 1.92 bits per heavy atom. The fourth-order valence-electron chi connectivity index (χ4n) is 6.63. The van der Waals surface area contributed by atoms with Crippen LogP contribution in [0.3, 0.4) is 0 Å². The van der Waals surface area contributed by atoms with E-state index in [-0.39, 0.29) is 84.7 Å². The molecule has 0 bridgehead atoms. The summed E-state index contributed by atoms with van der Waals surface area (Å²) >= 11 is 6.12. The van der Waals surface area contributed by atoms with Crippen molar-refractivity contribution >= 4 is 40.5 Å². The fraction of sp³-hybridized carbons (Fsp3) is 0.406. The molecule has 0 atom stereocenters. The van der Waals surface area contributed by atoms with Crippen LogP contribution in [-0.4, -0.2) is 83.9 Å². The van der Waals surface area contributed by atoms with E-state index in [1.54, 1.807) is 11.5 Å². The largest absolute Gasteiger partial charge is 0.504 e. The molecule has 3 aliphatic rings. The van der Waals surface area contributed by atoms with Gasteiger partial charge in [0.15, 0.2) is 17.3 Å². The summed E-state index contributed by atoms with van der Waals surface area (Å²) in [5, 5.41) is 17.2. The summed E-state index contributed by atoms with van der Waals surface area (Å²) in [4.78, 5) is 55.3. The van der Waals surface area contributed by atoms with Gasteiger partial charge >= 0.3 is 6.18 Å². The summed E-state index contributed by atoms with van der Waals surface area (Å²) in [7, 11) is 0. The van der Waals surface area contributed by atoms with Crippen molar-refractivity contribution in [3.63, 3.8) is 0 Å². The lowest BCUT2D eigenvalue weighted by Gasteiger charge is -2.44. The van der Waals surface area contributed by atoms with Crippen LogP contribution in [0.4, 0.5) is 18.9 Å². The number of benzene rings is 1. The maximum Gasteiger partial charge on any atom is 0.416 e. The molecular formula is C32H30ClF3N8O6. The summed E-state index contributed by atoms with van der Waals surface area (Å²) in [5.41, 5.74) is -0.924. The maximum atomic E-state index is 14.3. The number of amides is 2. The lowest BCUT2D eigenvalue weighted by molar-refractivity contribution is -0.137. The number of aromatic hydroxyl groups is 1. The van der Waals surface area contributed by atoms with Crippen molar-refractivity contribution in [1.82, 2.24) is 34.0 Å². The molecule has 14 nitrogen and oxygen atoms in total. The van der Waals surface area contributed by atoms with Crippen LogP contribution in [0.1, 0.15) is 58.1 Å². The first-order valence-electron chi connectivity index (χ1n) is 15.8. The third-order valence-electron chi connectivity index (χ3n) is 9.21. The van der Waals surface area contributed by atoms with Gasteiger partial charge in [-0.1, -0.05) is 17.7 Å². The number of carbonyl (C=O) groups is 2. The number of hydrogen-bond acceptors (Lipinski definition) is 10. The van der Waals surface area contributed by atoms with E-state index in [4.69, 9.17) is 21.1 Å². The summed E-state index contributed by atoms with van der Waals surface area (Å²) in [6, 6.07) is 2.63. The Kier molecular flexibility index (Phi) is 8.60. The molecule has 2 N–H and O–H groups in total.